The summed E-state index contributed by atoms with van der Waals surface area (Å²) in [5.41, 5.74) is 10.1. The van der Waals surface area contributed by atoms with E-state index in [4.69, 9.17) is 10.7 Å². The first-order valence-corrected chi connectivity index (χ1v) is 9.23. The molecule has 0 saturated carbocycles. The van der Waals surface area contributed by atoms with Crippen LogP contribution in [0.4, 0.5) is 5.95 Å². The fourth-order valence-corrected chi connectivity index (χ4v) is 4.02. The van der Waals surface area contributed by atoms with E-state index in [0.29, 0.717) is 12.5 Å². The van der Waals surface area contributed by atoms with Gasteiger partial charge < -0.3 is 5.73 Å². The van der Waals surface area contributed by atoms with Crippen molar-refractivity contribution in [3.63, 3.8) is 0 Å². The largest absolute Gasteiger partial charge is 0.368 e. The highest BCUT2D eigenvalue weighted by molar-refractivity contribution is 9.10. The molecule has 0 spiro atoms. The quantitative estimate of drug-likeness (QED) is 0.547. The second-order valence-corrected chi connectivity index (χ2v) is 7.29. The molecule has 0 fully saturated rings. The lowest BCUT2D eigenvalue weighted by atomic mass is 10.1. The summed E-state index contributed by atoms with van der Waals surface area (Å²) in [7, 11) is 0. The van der Waals surface area contributed by atoms with Crippen molar-refractivity contribution in [1.29, 1.82) is 0 Å². The van der Waals surface area contributed by atoms with Crippen LogP contribution < -0.4 is 5.73 Å². The molecule has 8 heteroatoms. The third kappa shape index (κ3) is 2.53. The summed E-state index contributed by atoms with van der Waals surface area (Å²) in [6.45, 7) is 2.43. The normalized spacial score (nSPS) is 14.8. The first kappa shape index (κ1) is 15.7. The molecule has 0 saturated heterocycles. The molecule has 26 heavy (non-hydrogen) atoms. The lowest BCUT2D eigenvalue weighted by Crippen LogP contribution is -2.31. The van der Waals surface area contributed by atoms with Crippen molar-refractivity contribution >= 4 is 38.4 Å². The first-order valence-electron chi connectivity index (χ1n) is 8.43. The summed E-state index contributed by atoms with van der Waals surface area (Å²) in [6, 6.07) is 9.99. The number of halogens is 1. The maximum absolute atomic E-state index is 6.09. The Kier molecular flexibility index (Phi) is 3.61. The molecular formula is C18H16BrN7. The number of hydrogen-bond donors (Lipinski definition) is 1. The summed E-state index contributed by atoms with van der Waals surface area (Å²) in [5, 5.41) is 5.51. The van der Waals surface area contributed by atoms with Crippen LogP contribution >= 0.6 is 15.9 Å². The van der Waals surface area contributed by atoms with Gasteiger partial charge in [0.05, 0.1) is 23.1 Å². The average Bonchev–Trinajstić information content (AvgIpc) is 3.06. The molecule has 130 valence electrons. The van der Waals surface area contributed by atoms with Crippen LogP contribution in [0, 0.1) is 0 Å². The highest BCUT2D eigenvalue weighted by Gasteiger charge is 2.20. The smallest absolute Gasteiger partial charge is 0.223 e. The number of pyridine rings is 1. The second-order valence-electron chi connectivity index (χ2n) is 6.44. The second kappa shape index (κ2) is 6.00. The number of hydrogen-bond acceptors (Lipinski definition) is 6. The molecule has 1 aromatic carbocycles. The minimum absolute atomic E-state index is 0.343. The van der Waals surface area contributed by atoms with E-state index in [2.05, 4.69) is 42.0 Å². The molecule has 4 heterocycles. The number of anilines is 1. The van der Waals surface area contributed by atoms with Crippen molar-refractivity contribution in [2.24, 2.45) is 0 Å². The van der Waals surface area contributed by atoms with Crippen molar-refractivity contribution in [1.82, 2.24) is 29.5 Å². The van der Waals surface area contributed by atoms with Crippen LogP contribution in [0.2, 0.25) is 0 Å². The van der Waals surface area contributed by atoms with E-state index < -0.39 is 0 Å². The molecule has 0 bridgehead atoms. The highest BCUT2D eigenvalue weighted by atomic mass is 79.9. The molecule has 1 aliphatic heterocycles. The molecule has 0 aliphatic carbocycles. The zero-order valence-corrected chi connectivity index (χ0v) is 15.5. The summed E-state index contributed by atoms with van der Waals surface area (Å²) in [5.74, 6) is 1.08. The number of nitrogens with zero attached hydrogens (tertiary/aromatic N) is 6. The molecular weight excluding hydrogens is 394 g/mol. The van der Waals surface area contributed by atoms with E-state index in [1.54, 1.807) is 4.52 Å². The van der Waals surface area contributed by atoms with Gasteiger partial charge in [0.25, 0.3) is 0 Å². The molecule has 0 atom stereocenters. The summed E-state index contributed by atoms with van der Waals surface area (Å²) < 4.78 is 2.56. The molecule has 0 unspecified atom stereocenters. The summed E-state index contributed by atoms with van der Waals surface area (Å²) in [4.78, 5) is 16.0. The standard InChI is InChI=1S/C18H16BrN7/c19-12-4-1-5-13-16(12)17-23-15(24-26(17)18(20)22-13)10-25-8-6-11-3-2-7-21-14(11)9-25/h1-5,7H,6,8-10H2,(H2,20,22). The SMILES string of the molecule is Nc1nc2cccc(Br)c2c2nc(CN3CCc4cccnc4C3)nn12. The lowest BCUT2D eigenvalue weighted by molar-refractivity contribution is 0.236. The number of fused-ring (bicyclic) bond motifs is 4. The van der Waals surface area contributed by atoms with E-state index >= 15 is 0 Å². The van der Waals surface area contributed by atoms with Crippen LogP contribution in [0.25, 0.3) is 16.6 Å². The highest BCUT2D eigenvalue weighted by Crippen LogP contribution is 2.27. The topological polar surface area (TPSA) is 85.2 Å². The van der Waals surface area contributed by atoms with Gasteiger partial charge in [-0.2, -0.15) is 4.52 Å². The fraction of sp³-hybridized carbons (Fsp3) is 0.222. The van der Waals surface area contributed by atoms with Gasteiger partial charge in [0.2, 0.25) is 5.95 Å². The van der Waals surface area contributed by atoms with Crippen molar-refractivity contribution in [3.8, 4) is 0 Å². The van der Waals surface area contributed by atoms with Gasteiger partial charge in [-0.1, -0.05) is 12.1 Å². The monoisotopic (exact) mass is 409 g/mol. The molecule has 0 amide bonds. The third-order valence-electron chi connectivity index (χ3n) is 4.74. The lowest BCUT2D eigenvalue weighted by Gasteiger charge is -2.26. The van der Waals surface area contributed by atoms with E-state index in [0.717, 1.165) is 52.1 Å². The van der Waals surface area contributed by atoms with E-state index in [-0.39, 0.29) is 0 Å². The number of nitrogen functional groups attached to an aromatic ring is 1. The Morgan fingerprint density at radius 2 is 2.08 bits per heavy atom. The molecule has 5 rings (SSSR count). The van der Waals surface area contributed by atoms with Crippen molar-refractivity contribution in [3.05, 3.63) is 58.1 Å². The van der Waals surface area contributed by atoms with E-state index in [1.165, 1.54) is 5.56 Å². The van der Waals surface area contributed by atoms with Crippen molar-refractivity contribution in [2.45, 2.75) is 19.5 Å². The Balaban J connectivity index is 1.53. The zero-order chi connectivity index (χ0) is 17.7. The minimum Gasteiger partial charge on any atom is -0.368 e. The van der Waals surface area contributed by atoms with E-state index in [9.17, 15) is 0 Å². The summed E-state index contributed by atoms with van der Waals surface area (Å²) >= 11 is 3.59. The predicted molar refractivity (Wildman–Crippen MR) is 102 cm³/mol. The maximum atomic E-state index is 6.09. The number of aromatic nitrogens is 5. The average molecular weight is 410 g/mol. The van der Waals surface area contributed by atoms with Crippen LogP contribution in [0.3, 0.4) is 0 Å². The van der Waals surface area contributed by atoms with Gasteiger partial charge in [-0.3, -0.25) is 9.88 Å². The van der Waals surface area contributed by atoms with Crippen molar-refractivity contribution in [2.75, 3.05) is 12.3 Å². The van der Waals surface area contributed by atoms with Crippen LogP contribution in [-0.4, -0.2) is 36.0 Å². The van der Waals surface area contributed by atoms with Crippen LogP contribution in [0.15, 0.2) is 41.0 Å². The van der Waals surface area contributed by atoms with Gasteiger partial charge in [-0.15, -0.1) is 5.10 Å². The van der Waals surface area contributed by atoms with Crippen LogP contribution in [-0.2, 0) is 19.5 Å². The third-order valence-corrected chi connectivity index (χ3v) is 5.40. The van der Waals surface area contributed by atoms with Crippen LogP contribution in [0.5, 0.6) is 0 Å². The van der Waals surface area contributed by atoms with Crippen molar-refractivity contribution < 1.29 is 0 Å². The van der Waals surface area contributed by atoms with Gasteiger partial charge in [-0.25, -0.2) is 9.97 Å². The molecule has 3 aromatic heterocycles. The number of nitrogens with two attached hydrogens (primary N) is 1. The molecule has 4 aromatic rings. The predicted octanol–water partition coefficient (Wildman–Crippen LogP) is 2.58. The maximum Gasteiger partial charge on any atom is 0.223 e. The number of benzene rings is 1. The number of rotatable bonds is 2. The van der Waals surface area contributed by atoms with Gasteiger partial charge in [0.1, 0.15) is 0 Å². The minimum atomic E-state index is 0.343. The molecule has 0 radical (unpaired) electrons. The van der Waals surface area contributed by atoms with Gasteiger partial charge in [0, 0.05) is 23.8 Å². The summed E-state index contributed by atoms with van der Waals surface area (Å²) in [6.07, 6.45) is 2.84. The Morgan fingerprint density at radius 1 is 1.15 bits per heavy atom. The Hall–Kier alpha value is -2.58. The van der Waals surface area contributed by atoms with E-state index in [1.807, 2.05) is 30.5 Å². The first-order chi connectivity index (χ1) is 12.7. The van der Waals surface area contributed by atoms with Gasteiger partial charge in [-0.05, 0) is 46.1 Å². The van der Waals surface area contributed by atoms with Gasteiger partial charge in [0.15, 0.2) is 11.5 Å². The molecule has 2 N–H and O–H groups in total. The Bertz CT molecular complexity index is 1140. The molecule has 7 nitrogen and oxygen atoms in total. The molecule has 1 aliphatic rings. The zero-order valence-electron chi connectivity index (χ0n) is 13.9. The van der Waals surface area contributed by atoms with Gasteiger partial charge >= 0.3 is 0 Å². The Morgan fingerprint density at radius 3 is 3.00 bits per heavy atom. The van der Waals surface area contributed by atoms with Crippen LogP contribution in [0.1, 0.15) is 17.1 Å². The Labute approximate surface area is 158 Å². The fourth-order valence-electron chi connectivity index (χ4n) is 3.49.